The molecule has 7 heteroatoms. The molecule has 100 valence electrons. The van der Waals surface area contributed by atoms with Gasteiger partial charge >= 0.3 is 0 Å². The molecule has 1 fully saturated rings. The number of carbonyl (C=O) groups is 1. The molecule has 1 aromatic heterocycles. The van der Waals surface area contributed by atoms with Gasteiger partial charge < -0.3 is 20.7 Å². The van der Waals surface area contributed by atoms with Gasteiger partial charge in [0.15, 0.2) is 5.13 Å². The average molecular weight is 270 g/mol. The Labute approximate surface area is 110 Å². The second-order valence-electron chi connectivity index (χ2n) is 4.24. The first-order valence-electron chi connectivity index (χ1n) is 5.92. The van der Waals surface area contributed by atoms with Crippen LogP contribution in [0.15, 0.2) is 0 Å². The van der Waals surface area contributed by atoms with Crippen LogP contribution in [-0.4, -0.2) is 49.1 Å². The lowest BCUT2D eigenvalue weighted by atomic mass is 10.1. The molecular formula is C11H18N4O2S. The van der Waals surface area contributed by atoms with Gasteiger partial charge in [-0.25, -0.2) is 4.98 Å². The number of hydrogen-bond donors (Lipinski definition) is 2. The third-order valence-corrected chi connectivity index (χ3v) is 4.20. The Hall–Kier alpha value is -1.34. The van der Waals surface area contributed by atoms with Gasteiger partial charge in [-0.2, -0.15) is 0 Å². The van der Waals surface area contributed by atoms with Crippen molar-refractivity contribution >= 4 is 28.2 Å². The van der Waals surface area contributed by atoms with Gasteiger partial charge in [0.05, 0.1) is 0 Å². The first-order chi connectivity index (χ1) is 8.63. The van der Waals surface area contributed by atoms with E-state index in [1.807, 2.05) is 7.05 Å². The number of thiazole rings is 1. The van der Waals surface area contributed by atoms with E-state index in [9.17, 15) is 4.79 Å². The molecule has 0 unspecified atom stereocenters. The molecule has 0 radical (unpaired) electrons. The topological polar surface area (TPSA) is 80.5 Å². The summed E-state index contributed by atoms with van der Waals surface area (Å²) in [6.45, 7) is 1.42. The van der Waals surface area contributed by atoms with Crippen molar-refractivity contribution in [3.8, 4) is 0 Å². The summed E-state index contributed by atoms with van der Waals surface area (Å²) in [6.07, 6.45) is 1.75. The summed E-state index contributed by atoms with van der Waals surface area (Å²) in [5, 5.41) is 3.56. The van der Waals surface area contributed by atoms with Crippen molar-refractivity contribution in [3.05, 3.63) is 4.88 Å². The summed E-state index contributed by atoms with van der Waals surface area (Å²) in [4.78, 5) is 18.7. The first kappa shape index (κ1) is 13.1. The molecule has 2 rings (SSSR count). The van der Waals surface area contributed by atoms with Crippen LogP contribution in [0.3, 0.4) is 0 Å². The SMILES string of the molecule is CNc1nc(N)c(C(=O)N(C)C2CCOCC2)s1. The van der Waals surface area contributed by atoms with Gasteiger partial charge in [-0.05, 0) is 12.8 Å². The zero-order valence-electron chi connectivity index (χ0n) is 10.6. The van der Waals surface area contributed by atoms with Crippen molar-refractivity contribution in [2.24, 2.45) is 0 Å². The van der Waals surface area contributed by atoms with Crippen molar-refractivity contribution in [1.82, 2.24) is 9.88 Å². The maximum atomic E-state index is 12.3. The van der Waals surface area contributed by atoms with Gasteiger partial charge in [0.25, 0.3) is 5.91 Å². The Morgan fingerprint density at radius 2 is 2.22 bits per heavy atom. The molecule has 1 amide bonds. The summed E-state index contributed by atoms with van der Waals surface area (Å²) in [6, 6.07) is 0.228. The highest BCUT2D eigenvalue weighted by atomic mass is 32.1. The lowest BCUT2D eigenvalue weighted by Gasteiger charge is -2.30. The molecule has 0 atom stereocenters. The van der Waals surface area contributed by atoms with E-state index in [-0.39, 0.29) is 11.9 Å². The smallest absolute Gasteiger partial charge is 0.267 e. The quantitative estimate of drug-likeness (QED) is 0.857. The van der Waals surface area contributed by atoms with Crippen LogP contribution in [0.5, 0.6) is 0 Å². The van der Waals surface area contributed by atoms with Crippen molar-refractivity contribution in [3.63, 3.8) is 0 Å². The molecule has 2 heterocycles. The minimum absolute atomic E-state index is 0.0570. The third-order valence-electron chi connectivity index (χ3n) is 3.12. The van der Waals surface area contributed by atoms with Gasteiger partial charge in [-0.15, -0.1) is 0 Å². The van der Waals surface area contributed by atoms with Crippen LogP contribution in [0.25, 0.3) is 0 Å². The van der Waals surface area contributed by atoms with E-state index in [0.29, 0.717) is 29.0 Å². The molecule has 0 bridgehead atoms. The number of nitrogens with zero attached hydrogens (tertiary/aromatic N) is 2. The van der Waals surface area contributed by atoms with Crippen molar-refractivity contribution in [2.45, 2.75) is 18.9 Å². The highest BCUT2D eigenvalue weighted by Crippen LogP contribution is 2.27. The summed E-state index contributed by atoms with van der Waals surface area (Å²) in [5.74, 6) is 0.242. The summed E-state index contributed by atoms with van der Waals surface area (Å²) in [7, 11) is 3.57. The number of amides is 1. The monoisotopic (exact) mass is 270 g/mol. The predicted octanol–water partition coefficient (Wildman–Crippen LogP) is 1.02. The van der Waals surface area contributed by atoms with E-state index in [2.05, 4.69) is 10.3 Å². The van der Waals surface area contributed by atoms with Crippen LogP contribution >= 0.6 is 11.3 Å². The largest absolute Gasteiger partial charge is 0.382 e. The van der Waals surface area contributed by atoms with E-state index < -0.39 is 0 Å². The standard InChI is InChI=1S/C11H18N4O2S/c1-13-11-14-9(12)8(18-11)10(16)15(2)7-3-5-17-6-4-7/h7H,3-6,12H2,1-2H3,(H,13,14). The molecule has 3 N–H and O–H groups in total. The number of carbonyl (C=O) groups excluding carboxylic acids is 1. The Morgan fingerprint density at radius 3 is 2.78 bits per heavy atom. The van der Waals surface area contributed by atoms with Crippen LogP contribution in [0.1, 0.15) is 22.5 Å². The number of nitrogen functional groups attached to an aromatic ring is 1. The average Bonchev–Trinajstić information content (AvgIpc) is 2.79. The molecule has 18 heavy (non-hydrogen) atoms. The maximum absolute atomic E-state index is 12.3. The predicted molar refractivity (Wildman–Crippen MR) is 72.0 cm³/mol. The first-order valence-corrected chi connectivity index (χ1v) is 6.74. The number of hydrogen-bond acceptors (Lipinski definition) is 6. The second kappa shape index (κ2) is 5.53. The summed E-state index contributed by atoms with van der Waals surface area (Å²) < 4.78 is 5.30. The Morgan fingerprint density at radius 1 is 1.56 bits per heavy atom. The molecule has 0 saturated carbocycles. The van der Waals surface area contributed by atoms with Crippen molar-refractivity contribution in [2.75, 3.05) is 38.4 Å². The van der Waals surface area contributed by atoms with Crippen LogP contribution in [-0.2, 0) is 4.74 Å². The third kappa shape index (κ3) is 2.56. The molecule has 0 aliphatic carbocycles. The van der Waals surface area contributed by atoms with E-state index in [0.717, 1.165) is 12.8 Å². The number of anilines is 2. The van der Waals surface area contributed by atoms with E-state index in [4.69, 9.17) is 10.5 Å². The van der Waals surface area contributed by atoms with E-state index in [1.54, 1.807) is 11.9 Å². The Bertz CT molecular complexity index is 429. The Balaban J connectivity index is 2.11. The lowest BCUT2D eigenvalue weighted by Crippen LogP contribution is -2.40. The molecule has 0 spiro atoms. The zero-order chi connectivity index (χ0) is 13.1. The molecule has 1 saturated heterocycles. The number of ether oxygens (including phenoxy) is 1. The van der Waals surface area contributed by atoms with Crippen LogP contribution in [0.4, 0.5) is 10.9 Å². The highest BCUT2D eigenvalue weighted by Gasteiger charge is 2.26. The molecule has 1 aliphatic rings. The van der Waals surface area contributed by atoms with Gasteiger partial charge in [-0.3, -0.25) is 4.79 Å². The number of rotatable bonds is 3. The van der Waals surface area contributed by atoms with Gasteiger partial charge in [0, 0.05) is 33.4 Å². The fraction of sp³-hybridized carbons (Fsp3) is 0.636. The minimum Gasteiger partial charge on any atom is -0.382 e. The van der Waals surface area contributed by atoms with Gasteiger partial charge in [-0.1, -0.05) is 11.3 Å². The fourth-order valence-corrected chi connectivity index (χ4v) is 2.81. The zero-order valence-corrected chi connectivity index (χ0v) is 11.4. The molecule has 6 nitrogen and oxygen atoms in total. The molecule has 1 aromatic rings. The number of nitrogens with two attached hydrogens (primary N) is 1. The van der Waals surface area contributed by atoms with Crippen LogP contribution in [0, 0.1) is 0 Å². The van der Waals surface area contributed by atoms with Crippen molar-refractivity contribution in [1.29, 1.82) is 0 Å². The normalized spacial score (nSPS) is 16.6. The van der Waals surface area contributed by atoms with Crippen molar-refractivity contribution < 1.29 is 9.53 Å². The van der Waals surface area contributed by atoms with E-state index >= 15 is 0 Å². The van der Waals surface area contributed by atoms with Gasteiger partial charge in [0.2, 0.25) is 0 Å². The summed E-state index contributed by atoms with van der Waals surface area (Å²) >= 11 is 1.29. The van der Waals surface area contributed by atoms with Crippen LogP contribution < -0.4 is 11.1 Å². The molecular weight excluding hydrogens is 252 g/mol. The summed E-state index contributed by atoms with van der Waals surface area (Å²) in [5.41, 5.74) is 5.77. The lowest BCUT2D eigenvalue weighted by molar-refractivity contribution is 0.0365. The minimum atomic E-state index is -0.0570. The highest BCUT2D eigenvalue weighted by molar-refractivity contribution is 7.18. The fourth-order valence-electron chi connectivity index (χ4n) is 1.99. The Kier molecular flexibility index (Phi) is 4.03. The number of aromatic nitrogens is 1. The second-order valence-corrected chi connectivity index (χ2v) is 5.24. The molecule has 0 aromatic carbocycles. The molecule has 1 aliphatic heterocycles. The van der Waals surface area contributed by atoms with E-state index in [1.165, 1.54) is 11.3 Å². The van der Waals surface area contributed by atoms with Gasteiger partial charge in [0.1, 0.15) is 10.7 Å². The van der Waals surface area contributed by atoms with Crippen LogP contribution in [0.2, 0.25) is 0 Å². The maximum Gasteiger partial charge on any atom is 0.267 e. The number of nitrogens with one attached hydrogen (secondary N) is 1.